The van der Waals surface area contributed by atoms with Crippen LogP contribution >= 0.6 is 0 Å². The molecule has 0 spiro atoms. The van der Waals surface area contributed by atoms with Crippen molar-refractivity contribution in [2.75, 3.05) is 5.73 Å². The fourth-order valence-electron chi connectivity index (χ4n) is 3.63. The number of nitrogen functional groups attached to an aromatic ring is 1. The van der Waals surface area contributed by atoms with Gasteiger partial charge in [-0.2, -0.15) is 0 Å². The summed E-state index contributed by atoms with van der Waals surface area (Å²) in [5, 5.41) is 1.06. The van der Waals surface area contributed by atoms with Crippen molar-refractivity contribution in [3.05, 3.63) is 96.7 Å². The number of anilines is 1. The van der Waals surface area contributed by atoms with Crippen molar-refractivity contribution in [1.29, 1.82) is 0 Å². The van der Waals surface area contributed by atoms with Crippen molar-refractivity contribution < 1.29 is 0 Å². The second-order valence-corrected chi connectivity index (χ2v) is 7.11. The second kappa shape index (κ2) is 8.84. The third-order valence-corrected chi connectivity index (χ3v) is 5.13. The Balaban J connectivity index is 0.00000112. The van der Waals surface area contributed by atoms with Gasteiger partial charge in [0.1, 0.15) is 11.5 Å². The minimum atomic E-state index is 0.506. The molecular weight excluding hydrogens is 380 g/mol. The Morgan fingerprint density at radius 2 is 1.55 bits per heavy atom. The zero-order valence-electron chi connectivity index (χ0n) is 18.1. The minimum Gasteiger partial charge on any atom is -0.383 e. The molecule has 0 aliphatic carbocycles. The number of aromatic nitrogens is 3. The summed E-state index contributed by atoms with van der Waals surface area (Å²) in [6, 6.07) is 28.9. The number of aryl methyl sites for hydroxylation is 1. The van der Waals surface area contributed by atoms with E-state index in [1.54, 1.807) is 6.20 Å². The molecule has 0 atom stereocenters. The zero-order chi connectivity index (χ0) is 21.8. The van der Waals surface area contributed by atoms with E-state index in [9.17, 15) is 0 Å². The van der Waals surface area contributed by atoms with Gasteiger partial charge in [0.2, 0.25) is 0 Å². The van der Waals surface area contributed by atoms with Crippen molar-refractivity contribution in [1.82, 2.24) is 14.5 Å². The molecule has 0 aliphatic heterocycles. The van der Waals surface area contributed by atoms with Crippen molar-refractivity contribution in [2.24, 2.45) is 0 Å². The highest BCUT2D eigenvalue weighted by atomic mass is 15.1. The van der Waals surface area contributed by atoms with Crippen LogP contribution in [-0.4, -0.2) is 14.5 Å². The molecule has 0 fully saturated rings. The molecule has 3 heterocycles. The first-order valence-electron chi connectivity index (χ1n) is 10.6. The Hall–Kier alpha value is -3.92. The van der Waals surface area contributed by atoms with Crippen LogP contribution in [0.25, 0.3) is 39.2 Å². The maximum Gasteiger partial charge on any atom is 0.145 e. The van der Waals surface area contributed by atoms with Crippen molar-refractivity contribution >= 4 is 16.9 Å². The van der Waals surface area contributed by atoms with Gasteiger partial charge in [0.25, 0.3) is 0 Å². The molecule has 2 aromatic carbocycles. The first kappa shape index (κ1) is 20.4. The van der Waals surface area contributed by atoms with Crippen molar-refractivity contribution in [3.8, 4) is 28.2 Å². The zero-order valence-corrected chi connectivity index (χ0v) is 18.1. The van der Waals surface area contributed by atoms with Crippen LogP contribution in [0.3, 0.4) is 0 Å². The summed E-state index contributed by atoms with van der Waals surface area (Å²) >= 11 is 0. The molecule has 5 aromatic rings. The van der Waals surface area contributed by atoms with Crippen LogP contribution in [0.1, 0.15) is 19.4 Å². The van der Waals surface area contributed by atoms with E-state index in [0.717, 1.165) is 39.2 Å². The molecule has 0 saturated carbocycles. The number of hydrogen-bond acceptors (Lipinski definition) is 3. The summed E-state index contributed by atoms with van der Waals surface area (Å²) in [5.41, 5.74) is 13.3. The average Bonchev–Trinajstić information content (AvgIpc) is 3.20. The molecule has 0 unspecified atom stereocenters. The molecular formula is C27H26N4. The van der Waals surface area contributed by atoms with Crippen LogP contribution in [0.5, 0.6) is 0 Å². The lowest BCUT2D eigenvalue weighted by atomic mass is 10.1. The van der Waals surface area contributed by atoms with Crippen molar-refractivity contribution in [2.45, 2.75) is 20.8 Å². The smallest absolute Gasteiger partial charge is 0.145 e. The number of benzene rings is 2. The lowest BCUT2D eigenvalue weighted by molar-refractivity contribution is 1.09. The molecule has 0 radical (unpaired) electrons. The minimum absolute atomic E-state index is 0.506. The molecule has 4 nitrogen and oxygen atoms in total. The van der Waals surface area contributed by atoms with Gasteiger partial charge in [0.15, 0.2) is 0 Å². The molecule has 154 valence electrons. The monoisotopic (exact) mass is 406 g/mol. The Morgan fingerprint density at radius 3 is 2.26 bits per heavy atom. The predicted octanol–water partition coefficient (Wildman–Crippen LogP) is 6.67. The van der Waals surface area contributed by atoms with Gasteiger partial charge in [0, 0.05) is 28.4 Å². The summed E-state index contributed by atoms with van der Waals surface area (Å²) in [4.78, 5) is 9.31. The number of fused-ring (bicyclic) bond motifs is 1. The van der Waals surface area contributed by atoms with Crippen LogP contribution < -0.4 is 5.73 Å². The van der Waals surface area contributed by atoms with E-state index in [1.807, 2.05) is 44.2 Å². The molecule has 0 amide bonds. The topological polar surface area (TPSA) is 56.7 Å². The Bertz CT molecular complexity index is 1300. The van der Waals surface area contributed by atoms with Crippen LogP contribution in [0.15, 0.2) is 91.1 Å². The van der Waals surface area contributed by atoms with Gasteiger partial charge in [0.05, 0.1) is 11.4 Å². The van der Waals surface area contributed by atoms with E-state index < -0.39 is 0 Å². The number of hydrogen-bond donors (Lipinski definition) is 1. The highest BCUT2D eigenvalue weighted by molar-refractivity contribution is 5.90. The fraction of sp³-hybridized carbons (Fsp3) is 0.111. The molecule has 2 N–H and O–H groups in total. The highest BCUT2D eigenvalue weighted by Gasteiger charge is 2.16. The third-order valence-electron chi connectivity index (χ3n) is 5.13. The molecule has 5 rings (SSSR count). The van der Waals surface area contributed by atoms with E-state index in [4.69, 9.17) is 10.7 Å². The second-order valence-electron chi connectivity index (χ2n) is 7.11. The van der Waals surface area contributed by atoms with Crippen LogP contribution in [0, 0.1) is 6.92 Å². The maximum absolute atomic E-state index is 6.22. The molecule has 31 heavy (non-hydrogen) atoms. The summed E-state index contributed by atoms with van der Waals surface area (Å²) in [6.07, 6.45) is 1.71. The van der Waals surface area contributed by atoms with Gasteiger partial charge < -0.3 is 5.73 Å². The van der Waals surface area contributed by atoms with E-state index in [-0.39, 0.29) is 0 Å². The standard InChI is InChI=1S/C25H20N4.C2H6/c1-17-9-12-20(13-10-17)29-23(21-8-5-15-27-24(21)26)16-19-11-14-22(28-25(19)29)18-6-3-2-4-7-18;1-2/h2-16H,1H3,(H2,26,27);1-2H3. The third kappa shape index (κ3) is 3.92. The first-order valence-corrected chi connectivity index (χ1v) is 10.6. The van der Waals surface area contributed by atoms with E-state index in [2.05, 4.69) is 71.1 Å². The summed E-state index contributed by atoms with van der Waals surface area (Å²) < 4.78 is 2.16. The Labute approximate surface area is 183 Å². The number of pyridine rings is 2. The van der Waals surface area contributed by atoms with Crippen LogP contribution in [0.4, 0.5) is 5.82 Å². The molecule has 0 aliphatic rings. The van der Waals surface area contributed by atoms with E-state index in [0.29, 0.717) is 5.82 Å². The number of rotatable bonds is 3. The fourth-order valence-corrected chi connectivity index (χ4v) is 3.63. The Morgan fingerprint density at radius 1 is 0.806 bits per heavy atom. The predicted molar refractivity (Wildman–Crippen MR) is 130 cm³/mol. The maximum atomic E-state index is 6.22. The summed E-state index contributed by atoms with van der Waals surface area (Å²) in [5.74, 6) is 0.506. The van der Waals surface area contributed by atoms with E-state index >= 15 is 0 Å². The van der Waals surface area contributed by atoms with Crippen LogP contribution in [-0.2, 0) is 0 Å². The highest BCUT2D eigenvalue weighted by Crippen LogP contribution is 2.34. The van der Waals surface area contributed by atoms with Crippen LogP contribution in [0.2, 0.25) is 0 Å². The normalized spacial score (nSPS) is 10.5. The van der Waals surface area contributed by atoms with E-state index in [1.165, 1.54) is 5.56 Å². The summed E-state index contributed by atoms with van der Waals surface area (Å²) in [6.45, 7) is 6.09. The average molecular weight is 407 g/mol. The summed E-state index contributed by atoms with van der Waals surface area (Å²) in [7, 11) is 0. The lowest BCUT2D eigenvalue weighted by Crippen LogP contribution is -2.01. The van der Waals surface area contributed by atoms with Gasteiger partial charge in [-0.1, -0.05) is 61.9 Å². The number of nitrogens with zero attached hydrogens (tertiary/aromatic N) is 3. The van der Waals surface area contributed by atoms with Gasteiger partial charge >= 0.3 is 0 Å². The van der Waals surface area contributed by atoms with Crippen molar-refractivity contribution in [3.63, 3.8) is 0 Å². The largest absolute Gasteiger partial charge is 0.383 e. The molecule has 3 aromatic heterocycles. The van der Waals surface area contributed by atoms with Gasteiger partial charge in [-0.25, -0.2) is 9.97 Å². The lowest BCUT2D eigenvalue weighted by Gasteiger charge is -2.12. The molecule has 4 heteroatoms. The molecule has 0 bridgehead atoms. The van der Waals surface area contributed by atoms with Gasteiger partial charge in [-0.15, -0.1) is 0 Å². The first-order chi connectivity index (χ1) is 15.2. The quantitative estimate of drug-likeness (QED) is 0.364. The number of nitrogens with two attached hydrogens (primary N) is 1. The molecule has 0 saturated heterocycles. The van der Waals surface area contributed by atoms with Gasteiger partial charge in [-0.05, 0) is 49.4 Å². The Kier molecular flexibility index (Phi) is 5.80. The van der Waals surface area contributed by atoms with Gasteiger partial charge in [-0.3, -0.25) is 4.57 Å². The SMILES string of the molecule is CC.Cc1ccc(-n2c(-c3cccnc3N)cc3ccc(-c4ccccc4)nc32)cc1.